The van der Waals surface area contributed by atoms with Gasteiger partial charge in [-0.15, -0.1) is 0 Å². The Bertz CT molecular complexity index is 981. The predicted octanol–water partition coefficient (Wildman–Crippen LogP) is 5.26. The van der Waals surface area contributed by atoms with Gasteiger partial charge in [0.1, 0.15) is 0 Å². The first-order valence-electron chi connectivity index (χ1n) is 10.3. The van der Waals surface area contributed by atoms with Crippen LogP contribution in [0.4, 0.5) is 11.6 Å². The van der Waals surface area contributed by atoms with Crippen LogP contribution in [0.25, 0.3) is 11.3 Å². The van der Waals surface area contributed by atoms with Gasteiger partial charge in [-0.25, -0.2) is 9.97 Å². The Morgan fingerprint density at radius 3 is 2.59 bits per heavy atom. The van der Waals surface area contributed by atoms with Gasteiger partial charge in [0.2, 0.25) is 5.95 Å². The van der Waals surface area contributed by atoms with Crippen molar-refractivity contribution in [3.05, 3.63) is 71.9 Å². The third kappa shape index (κ3) is 4.80. The van der Waals surface area contributed by atoms with Crippen molar-refractivity contribution in [1.29, 1.82) is 0 Å². The molecule has 0 atom stereocenters. The summed E-state index contributed by atoms with van der Waals surface area (Å²) in [7, 11) is 0. The van der Waals surface area contributed by atoms with Gasteiger partial charge >= 0.3 is 0 Å². The Kier molecular flexibility index (Phi) is 5.84. The minimum atomic E-state index is 0.00735. The maximum Gasteiger partial charge on any atom is 0.251 e. The summed E-state index contributed by atoms with van der Waals surface area (Å²) in [5.41, 5.74) is 4.30. The van der Waals surface area contributed by atoms with E-state index in [2.05, 4.69) is 20.6 Å². The van der Waals surface area contributed by atoms with Gasteiger partial charge in [0.05, 0.1) is 5.69 Å². The van der Waals surface area contributed by atoms with E-state index in [4.69, 9.17) is 0 Å². The zero-order valence-corrected chi connectivity index (χ0v) is 16.7. The fourth-order valence-electron chi connectivity index (χ4n) is 3.77. The van der Waals surface area contributed by atoms with Crippen molar-refractivity contribution < 1.29 is 4.79 Å². The van der Waals surface area contributed by atoms with Crippen molar-refractivity contribution in [1.82, 2.24) is 15.3 Å². The Hall–Kier alpha value is -3.21. The standard InChI is InChI=1S/C24H26N4O/c1-17-12-13-18(16-21(17)23(29)26-19-8-4-2-5-9-19)22-14-15-25-24(28-22)27-20-10-6-3-7-11-20/h3,6-7,10-16,19H,2,4-5,8-9H2,1H3,(H,26,29)(H,25,27,28). The van der Waals surface area contributed by atoms with Gasteiger partial charge in [-0.3, -0.25) is 4.79 Å². The van der Waals surface area contributed by atoms with Gasteiger partial charge in [-0.05, 0) is 49.6 Å². The molecule has 0 unspecified atom stereocenters. The average molecular weight is 386 g/mol. The SMILES string of the molecule is Cc1ccc(-c2ccnc(Nc3ccccc3)n2)cc1C(=O)NC1CCCCC1. The molecule has 0 spiro atoms. The minimum Gasteiger partial charge on any atom is -0.349 e. The Morgan fingerprint density at radius 1 is 1.00 bits per heavy atom. The summed E-state index contributed by atoms with van der Waals surface area (Å²) in [4.78, 5) is 21.8. The van der Waals surface area contributed by atoms with Crippen LogP contribution in [0.1, 0.15) is 48.0 Å². The molecule has 148 valence electrons. The van der Waals surface area contributed by atoms with Crippen LogP contribution in [-0.4, -0.2) is 21.9 Å². The number of anilines is 2. The molecule has 1 amide bonds. The van der Waals surface area contributed by atoms with E-state index in [-0.39, 0.29) is 5.91 Å². The summed E-state index contributed by atoms with van der Waals surface area (Å²) >= 11 is 0. The zero-order valence-electron chi connectivity index (χ0n) is 16.7. The summed E-state index contributed by atoms with van der Waals surface area (Å²) in [5, 5.41) is 6.43. The quantitative estimate of drug-likeness (QED) is 0.628. The summed E-state index contributed by atoms with van der Waals surface area (Å²) < 4.78 is 0. The van der Waals surface area contributed by atoms with Gasteiger partial charge in [0.15, 0.2) is 0 Å². The third-order valence-electron chi connectivity index (χ3n) is 5.40. The number of carbonyl (C=O) groups excluding carboxylic acids is 1. The van der Waals surface area contributed by atoms with E-state index < -0.39 is 0 Å². The fourth-order valence-corrected chi connectivity index (χ4v) is 3.77. The highest BCUT2D eigenvalue weighted by molar-refractivity contribution is 5.97. The van der Waals surface area contributed by atoms with Crippen LogP contribution in [0.5, 0.6) is 0 Å². The highest BCUT2D eigenvalue weighted by Gasteiger charge is 2.18. The van der Waals surface area contributed by atoms with Gasteiger partial charge in [-0.2, -0.15) is 0 Å². The van der Waals surface area contributed by atoms with Crippen LogP contribution in [0, 0.1) is 6.92 Å². The molecular formula is C24H26N4O. The topological polar surface area (TPSA) is 66.9 Å². The molecule has 1 fully saturated rings. The first-order valence-corrected chi connectivity index (χ1v) is 10.3. The predicted molar refractivity (Wildman–Crippen MR) is 116 cm³/mol. The molecule has 2 aromatic carbocycles. The summed E-state index contributed by atoms with van der Waals surface area (Å²) in [5.74, 6) is 0.537. The van der Waals surface area contributed by atoms with Crippen molar-refractivity contribution in [3.63, 3.8) is 0 Å². The molecule has 4 rings (SSSR count). The lowest BCUT2D eigenvalue weighted by Gasteiger charge is -2.23. The number of rotatable bonds is 5. The number of nitrogens with zero attached hydrogens (tertiary/aromatic N) is 2. The minimum absolute atomic E-state index is 0.00735. The first kappa shape index (κ1) is 19.1. The number of nitrogens with one attached hydrogen (secondary N) is 2. The lowest BCUT2D eigenvalue weighted by atomic mass is 9.95. The molecule has 5 heteroatoms. The van der Waals surface area contributed by atoms with Gasteiger partial charge in [0.25, 0.3) is 5.91 Å². The lowest BCUT2D eigenvalue weighted by Crippen LogP contribution is -2.36. The number of hydrogen-bond acceptors (Lipinski definition) is 4. The number of para-hydroxylation sites is 1. The third-order valence-corrected chi connectivity index (χ3v) is 5.40. The van der Waals surface area contributed by atoms with Crippen molar-refractivity contribution in [2.24, 2.45) is 0 Å². The van der Waals surface area contributed by atoms with Gasteiger partial charge in [-0.1, -0.05) is 49.6 Å². The van der Waals surface area contributed by atoms with E-state index in [1.807, 2.05) is 61.5 Å². The monoisotopic (exact) mass is 386 g/mol. The molecule has 5 nitrogen and oxygen atoms in total. The summed E-state index contributed by atoms with van der Waals surface area (Å²) in [6.45, 7) is 1.97. The van der Waals surface area contributed by atoms with Crippen LogP contribution >= 0.6 is 0 Å². The second-order valence-corrected chi connectivity index (χ2v) is 7.59. The Labute approximate surface area is 171 Å². The normalized spacial score (nSPS) is 14.4. The molecule has 0 saturated heterocycles. The number of amides is 1. The van der Waals surface area contributed by atoms with Crippen LogP contribution in [-0.2, 0) is 0 Å². The van der Waals surface area contributed by atoms with E-state index in [0.29, 0.717) is 17.6 Å². The molecule has 0 radical (unpaired) electrons. The number of carbonyl (C=O) groups is 1. The molecule has 0 bridgehead atoms. The fraction of sp³-hybridized carbons (Fsp3) is 0.292. The number of aryl methyl sites for hydroxylation is 1. The highest BCUT2D eigenvalue weighted by Crippen LogP contribution is 2.23. The molecule has 29 heavy (non-hydrogen) atoms. The second kappa shape index (κ2) is 8.86. The molecule has 2 N–H and O–H groups in total. The Balaban J connectivity index is 1.55. The molecule has 3 aromatic rings. The zero-order chi connectivity index (χ0) is 20.1. The van der Waals surface area contributed by atoms with Crippen LogP contribution in [0.3, 0.4) is 0 Å². The molecule has 1 saturated carbocycles. The maximum atomic E-state index is 12.9. The maximum absolute atomic E-state index is 12.9. The molecule has 1 heterocycles. The molecular weight excluding hydrogens is 360 g/mol. The number of aromatic nitrogens is 2. The second-order valence-electron chi connectivity index (χ2n) is 7.59. The van der Waals surface area contributed by atoms with Crippen molar-refractivity contribution in [2.45, 2.75) is 45.1 Å². The van der Waals surface area contributed by atoms with Crippen molar-refractivity contribution in [3.8, 4) is 11.3 Å². The first-order chi connectivity index (χ1) is 14.2. The van der Waals surface area contributed by atoms with E-state index >= 15 is 0 Å². The molecule has 1 aromatic heterocycles. The van der Waals surface area contributed by atoms with E-state index in [9.17, 15) is 4.79 Å². The van der Waals surface area contributed by atoms with Gasteiger partial charge < -0.3 is 10.6 Å². The van der Waals surface area contributed by atoms with E-state index in [0.717, 1.165) is 35.3 Å². The van der Waals surface area contributed by atoms with Crippen molar-refractivity contribution >= 4 is 17.5 Å². The molecule has 1 aliphatic rings. The van der Waals surface area contributed by atoms with Crippen molar-refractivity contribution in [2.75, 3.05) is 5.32 Å². The largest absolute Gasteiger partial charge is 0.349 e. The smallest absolute Gasteiger partial charge is 0.251 e. The molecule has 1 aliphatic carbocycles. The van der Waals surface area contributed by atoms with Crippen LogP contribution in [0.2, 0.25) is 0 Å². The van der Waals surface area contributed by atoms with E-state index in [1.54, 1.807) is 6.20 Å². The van der Waals surface area contributed by atoms with E-state index in [1.165, 1.54) is 19.3 Å². The number of hydrogen-bond donors (Lipinski definition) is 2. The Morgan fingerprint density at radius 2 is 1.79 bits per heavy atom. The summed E-state index contributed by atoms with van der Waals surface area (Å²) in [6, 6.07) is 17.9. The van der Waals surface area contributed by atoms with Gasteiger partial charge in [0, 0.05) is 29.1 Å². The highest BCUT2D eigenvalue weighted by atomic mass is 16.1. The average Bonchev–Trinajstić information content (AvgIpc) is 2.76. The molecule has 0 aliphatic heterocycles. The van der Waals surface area contributed by atoms with Crippen LogP contribution in [0.15, 0.2) is 60.8 Å². The van der Waals surface area contributed by atoms with Crippen LogP contribution < -0.4 is 10.6 Å². The summed E-state index contributed by atoms with van der Waals surface area (Å²) in [6.07, 6.45) is 7.54. The number of benzene rings is 2. The lowest BCUT2D eigenvalue weighted by molar-refractivity contribution is 0.0927.